The van der Waals surface area contributed by atoms with Crippen LogP contribution in [0, 0.1) is 0 Å². The van der Waals surface area contributed by atoms with Crippen molar-refractivity contribution in [2.45, 2.75) is 58.3 Å². The Morgan fingerprint density at radius 3 is 2.43 bits per heavy atom. The summed E-state index contributed by atoms with van der Waals surface area (Å²) in [7, 11) is 3.38. The summed E-state index contributed by atoms with van der Waals surface area (Å²) in [6.07, 6.45) is 7.51. The van der Waals surface area contributed by atoms with Gasteiger partial charge in [-0.25, -0.2) is 0 Å². The van der Waals surface area contributed by atoms with Crippen LogP contribution in [0.1, 0.15) is 72.0 Å². The van der Waals surface area contributed by atoms with Crippen molar-refractivity contribution in [1.82, 2.24) is 0 Å². The number of carbonyl (C=O) groups is 1. The Balaban J connectivity index is 1.95. The number of methoxy groups -OCH3 is 1. The number of rotatable bonds is 4. The van der Waals surface area contributed by atoms with Crippen LogP contribution in [-0.2, 0) is 18.3 Å². The Morgan fingerprint density at radius 1 is 1.14 bits per heavy atom. The summed E-state index contributed by atoms with van der Waals surface area (Å²) >= 11 is 1.61. The molecule has 3 rings (SSSR count). The molecule has 150 valence electrons. The van der Waals surface area contributed by atoms with E-state index < -0.39 is 0 Å². The highest BCUT2D eigenvalue weighted by Crippen LogP contribution is 2.36. The van der Waals surface area contributed by atoms with Gasteiger partial charge in [-0.15, -0.1) is 11.3 Å². The van der Waals surface area contributed by atoms with E-state index in [1.807, 2.05) is 6.07 Å². The van der Waals surface area contributed by atoms with E-state index in [0.717, 1.165) is 23.4 Å². The Kier molecular flexibility index (Phi) is 6.23. The van der Waals surface area contributed by atoms with Crippen molar-refractivity contribution in [2.75, 3.05) is 19.5 Å². The lowest BCUT2D eigenvalue weighted by atomic mass is 9.94. The van der Waals surface area contributed by atoms with Gasteiger partial charge in [0.05, 0.1) is 12.7 Å². The van der Waals surface area contributed by atoms with Crippen LogP contribution < -0.4 is 10.1 Å². The highest BCUT2D eigenvalue weighted by atomic mass is 32.1. The van der Waals surface area contributed by atoms with E-state index in [1.165, 1.54) is 35.3 Å². The summed E-state index contributed by atoms with van der Waals surface area (Å²) in [6, 6.07) is 6.20. The van der Waals surface area contributed by atoms with E-state index in [-0.39, 0.29) is 11.3 Å². The van der Waals surface area contributed by atoms with E-state index in [4.69, 9.17) is 4.74 Å². The van der Waals surface area contributed by atoms with Crippen molar-refractivity contribution in [3.8, 4) is 5.75 Å². The highest BCUT2D eigenvalue weighted by molar-refractivity contribution is 7.16. The molecule has 0 radical (unpaired) electrons. The molecule has 4 nitrogen and oxygen atoms in total. The highest BCUT2D eigenvalue weighted by Gasteiger charge is 2.22. The first-order valence-corrected chi connectivity index (χ1v) is 10.7. The zero-order chi connectivity index (χ0) is 20.3. The molecule has 1 aliphatic carbocycles. The molecule has 1 aromatic heterocycles. The van der Waals surface area contributed by atoms with Crippen LogP contribution >= 0.6 is 11.3 Å². The molecule has 1 aliphatic rings. The molecule has 0 atom stereocenters. The first-order valence-electron chi connectivity index (χ1n) is 9.91. The predicted octanol–water partition coefficient (Wildman–Crippen LogP) is 5.62. The number of benzene rings is 1. The van der Waals surface area contributed by atoms with Crippen molar-refractivity contribution < 1.29 is 9.53 Å². The Morgan fingerprint density at radius 2 is 1.82 bits per heavy atom. The predicted molar refractivity (Wildman–Crippen MR) is 119 cm³/mol. The molecule has 0 bridgehead atoms. The number of carbonyl (C=O) groups excluding carboxylic acids is 1. The molecule has 1 N–H and O–H groups in total. The van der Waals surface area contributed by atoms with Crippen LogP contribution in [-0.4, -0.2) is 26.3 Å². The standard InChI is InChI=1S/C23H30N2O2S/c1-23(2,3)20-13-17(14-24-4)22(28-20)25-21(26)18-11-15-9-7-6-8-10-16(15)12-19(18)27-5/h11-14H,6-10H2,1-5H3,(H,25,26). The molecule has 2 aromatic rings. The quantitative estimate of drug-likeness (QED) is 0.536. The van der Waals surface area contributed by atoms with Crippen molar-refractivity contribution in [1.29, 1.82) is 0 Å². The van der Waals surface area contributed by atoms with Gasteiger partial charge in [-0.2, -0.15) is 0 Å². The third-order valence-electron chi connectivity index (χ3n) is 5.15. The van der Waals surface area contributed by atoms with E-state index in [1.54, 1.807) is 31.7 Å². The molecule has 0 saturated carbocycles. The number of nitrogens with zero attached hydrogens (tertiary/aromatic N) is 1. The Hall–Kier alpha value is -2.14. The maximum Gasteiger partial charge on any atom is 0.260 e. The van der Waals surface area contributed by atoms with E-state index in [2.05, 4.69) is 43.2 Å². The van der Waals surface area contributed by atoms with Crippen LogP contribution in [0.4, 0.5) is 5.00 Å². The SMILES string of the molecule is CN=Cc1cc(C(C)(C)C)sc1NC(=O)c1cc2c(cc1OC)CCCCC2. The number of thiophene rings is 1. The lowest BCUT2D eigenvalue weighted by Crippen LogP contribution is -2.14. The van der Waals surface area contributed by atoms with Crippen LogP contribution in [0.2, 0.25) is 0 Å². The molecule has 0 fully saturated rings. The molecule has 1 amide bonds. The Labute approximate surface area is 172 Å². The van der Waals surface area contributed by atoms with Gasteiger partial charge in [0.25, 0.3) is 5.91 Å². The number of hydrogen-bond acceptors (Lipinski definition) is 4. The van der Waals surface area contributed by atoms with Gasteiger partial charge >= 0.3 is 0 Å². The van der Waals surface area contributed by atoms with Crippen molar-refractivity contribution in [2.24, 2.45) is 4.99 Å². The fourth-order valence-electron chi connectivity index (χ4n) is 3.56. The lowest BCUT2D eigenvalue weighted by molar-refractivity contribution is 0.102. The fraction of sp³-hybridized carbons (Fsp3) is 0.478. The van der Waals surface area contributed by atoms with E-state index >= 15 is 0 Å². The molecule has 0 saturated heterocycles. The number of nitrogens with one attached hydrogen (secondary N) is 1. The lowest BCUT2D eigenvalue weighted by Gasteiger charge is -2.15. The largest absolute Gasteiger partial charge is 0.496 e. The molecular formula is C23H30N2O2S. The van der Waals surface area contributed by atoms with Gasteiger partial charge in [-0.1, -0.05) is 27.2 Å². The van der Waals surface area contributed by atoms with Gasteiger partial charge < -0.3 is 10.1 Å². The van der Waals surface area contributed by atoms with Crippen LogP contribution in [0.5, 0.6) is 5.75 Å². The minimum absolute atomic E-state index is 0.0196. The minimum atomic E-state index is -0.128. The van der Waals surface area contributed by atoms with Gasteiger partial charge in [0.15, 0.2) is 0 Å². The second kappa shape index (κ2) is 8.48. The van der Waals surface area contributed by atoms with Crippen LogP contribution in [0.25, 0.3) is 0 Å². The van der Waals surface area contributed by atoms with Gasteiger partial charge in [-0.05, 0) is 60.4 Å². The van der Waals surface area contributed by atoms with Gasteiger partial charge in [0.2, 0.25) is 0 Å². The second-order valence-corrected chi connectivity index (χ2v) is 9.42. The first kappa shape index (κ1) is 20.6. The summed E-state index contributed by atoms with van der Waals surface area (Å²) in [5, 5.41) is 3.94. The molecule has 0 aliphatic heterocycles. The number of amides is 1. The third kappa shape index (κ3) is 4.46. The zero-order valence-electron chi connectivity index (χ0n) is 17.5. The van der Waals surface area contributed by atoms with E-state index in [0.29, 0.717) is 11.3 Å². The summed E-state index contributed by atoms with van der Waals surface area (Å²) in [5.74, 6) is 0.522. The number of aliphatic imine (C=N–C) groups is 1. The topological polar surface area (TPSA) is 50.7 Å². The molecule has 28 heavy (non-hydrogen) atoms. The Bertz CT molecular complexity index is 891. The maximum absolute atomic E-state index is 13.2. The summed E-state index contributed by atoms with van der Waals surface area (Å²) in [4.78, 5) is 18.5. The van der Waals surface area contributed by atoms with Gasteiger partial charge in [0, 0.05) is 23.7 Å². The minimum Gasteiger partial charge on any atom is -0.496 e. The molecule has 5 heteroatoms. The first-order chi connectivity index (χ1) is 13.3. The number of fused-ring (bicyclic) bond motifs is 1. The van der Waals surface area contributed by atoms with Crippen LogP contribution in [0.15, 0.2) is 23.2 Å². The van der Waals surface area contributed by atoms with Crippen molar-refractivity contribution >= 4 is 28.5 Å². The number of aryl methyl sites for hydroxylation is 2. The fourth-order valence-corrected chi connectivity index (χ4v) is 4.65. The molecule has 0 unspecified atom stereocenters. The average Bonchev–Trinajstić information content (AvgIpc) is 2.90. The number of anilines is 1. The third-order valence-corrected chi connectivity index (χ3v) is 6.65. The smallest absolute Gasteiger partial charge is 0.260 e. The monoisotopic (exact) mass is 398 g/mol. The van der Waals surface area contributed by atoms with Gasteiger partial charge in [0.1, 0.15) is 10.8 Å². The summed E-state index contributed by atoms with van der Waals surface area (Å²) < 4.78 is 5.56. The van der Waals surface area contributed by atoms with Crippen molar-refractivity contribution in [3.63, 3.8) is 0 Å². The second-order valence-electron chi connectivity index (χ2n) is 8.37. The maximum atomic E-state index is 13.2. The molecular weight excluding hydrogens is 368 g/mol. The van der Waals surface area contributed by atoms with Crippen LogP contribution in [0.3, 0.4) is 0 Å². The molecule has 1 heterocycles. The van der Waals surface area contributed by atoms with E-state index in [9.17, 15) is 4.79 Å². The summed E-state index contributed by atoms with van der Waals surface area (Å²) in [5.41, 5.74) is 4.16. The zero-order valence-corrected chi connectivity index (χ0v) is 18.3. The normalized spacial score (nSPS) is 14.6. The summed E-state index contributed by atoms with van der Waals surface area (Å²) in [6.45, 7) is 6.52. The van der Waals surface area contributed by atoms with Crippen molar-refractivity contribution in [3.05, 3.63) is 45.3 Å². The van der Waals surface area contributed by atoms with Gasteiger partial charge in [-0.3, -0.25) is 9.79 Å². The number of ether oxygens (including phenoxy) is 1. The average molecular weight is 399 g/mol. The molecule has 1 aromatic carbocycles. The molecule has 0 spiro atoms. The number of hydrogen-bond donors (Lipinski definition) is 1.